The lowest BCUT2D eigenvalue weighted by Crippen LogP contribution is -2.51. The van der Waals surface area contributed by atoms with Crippen LogP contribution >= 0.6 is 0 Å². The highest BCUT2D eigenvalue weighted by Crippen LogP contribution is 2.32. The summed E-state index contributed by atoms with van der Waals surface area (Å²) < 4.78 is 3.59. The first-order chi connectivity index (χ1) is 17.4. The molecule has 0 radical (unpaired) electrons. The average molecular weight is 489 g/mol. The summed E-state index contributed by atoms with van der Waals surface area (Å²) in [5.41, 5.74) is 3.15. The average Bonchev–Trinajstić information content (AvgIpc) is 3.67. The third-order valence-electron chi connectivity index (χ3n) is 6.60. The molecular weight excluding hydrogens is 460 g/mol. The fourth-order valence-electron chi connectivity index (χ4n) is 4.62. The van der Waals surface area contributed by atoms with Crippen molar-refractivity contribution < 1.29 is 19.8 Å². The monoisotopic (exact) mass is 488 g/mol. The van der Waals surface area contributed by atoms with Gasteiger partial charge in [-0.15, -0.1) is 0 Å². The largest absolute Gasteiger partial charge is 0.380 e. The predicted octanol–water partition coefficient (Wildman–Crippen LogP) is 1.78. The summed E-state index contributed by atoms with van der Waals surface area (Å²) in [7, 11) is 0. The number of pyridine rings is 1. The van der Waals surface area contributed by atoms with E-state index >= 15 is 0 Å². The standard InChI is InChI=1S/C26H28N6O4/c1-17(18-8-10-19(11-9-18)32-15-5-12-27-32)28-25(35)23(33)24(34)26(36)31-14-4-6-21(31)20-16-30-13-3-2-7-22(30)29-20/h2-3,5,7-13,15-17,21,23-24,33-34H,4,6,14H2,1H3,(H,28,35)/t17-,21-,23-,24-/m1/s1. The molecule has 4 heterocycles. The molecule has 1 aliphatic heterocycles. The normalized spacial score (nSPS) is 18.2. The smallest absolute Gasteiger partial charge is 0.255 e. The second kappa shape index (κ2) is 9.92. The molecule has 36 heavy (non-hydrogen) atoms. The number of carbonyl (C=O) groups is 2. The Morgan fingerprint density at radius 1 is 1.06 bits per heavy atom. The minimum atomic E-state index is -1.90. The zero-order valence-electron chi connectivity index (χ0n) is 19.8. The highest BCUT2D eigenvalue weighted by Gasteiger charge is 2.39. The molecule has 5 rings (SSSR count). The molecule has 4 aromatic rings. The highest BCUT2D eigenvalue weighted by atomic mass is 16.3. The molecule has 0 unspecified atom stereocenters. The predicted molar refractivity (Wildman–Crippen MR) is 131 cm³/mol. The number of aromatic nitrogens is 4. The van der Waals surface area contributed by atoms with E-state index in [1.54, 1.807) is 17.8 Å². The van der Waals surface area contributed by atoms with E-state index in [-0.39, 0.29) is 6.04 Å². The second-order valence-corrected chi connectivity index (χ2v) is 8.98. The van der Waals surface area contributed by atoms with Crippen LogP contribution in [0.15, 0.2) is 73.3 Å². The van der Waals surface area contributed by atoms with Gasteiger partial charge in [-0.05, 0) is 55.7 Å². The molecule has 0 bridgehead atoms. The fourth-order valence-corrected chi connectivity index (χ4v) is 4.62. The van der Waals surface area contributed by atoms with Crippen LogP contribution in [-0.4, -0.2) is 64.8 Å². The van der Waals surface area contributed by atoms with E-state index in [0.717, 1.165) is 23.3 Å². The van der Waals surface area contributed by atoms with E-state index in [1.165, 1.54) is 4.90 Å². The maximum atomic E-state index is 13.1. The summed E-state index contributed by atoms with van der Waals surface area (Å²) in [6.45, 7) is 2.18. The van der Waals surface area contributed by atoms with Gasteiger partial charge in [-0.2, -0.15) is 5.10 Å². The third-order valence-corrected chi connectivity index (χ3v) is 6.60. The van der Waals surface area contributed by atoms with Gasteiger partial charge in [0.1, 0.15) is 5.65 Å². The summed E-state index contributed by atoms with van der Waals surface area (Å²) in [6.07, 6.45) is 4.91. The first-order valence-corrected chi connectivity index (χ1v) is 11.9. The van der Waals surface area contributed by atoms with Crippen LogP contribution in [0.2, 0.25) is 0 Å². The summed E-state index contributed by atoms with van der Waals surface area (Å²) in [4.78, 5) is 31.9. The first kappa shape index (κ1) is 23.7. The molecule has 3 aromatic heterocycles. The number of aliphatic hydroxyl groups excluding tert-OH is 2. The third kappa shape index (κ3) is 4.60. The SMILES string of the molecule is C[C@@H](NC(=O)[C@H](O)[C@@H](O)C(=O)N1CCC[C@@H]1c1cn2ccccc2n1)c1ccc(-n2cccn2)cc1. The Bertz CT molecular complexity index is 1320. The van der Waals surface area contributed by atoms with Crippen molar-refractivity contribution in [2.24, 2.45) is 0 Å². The van der Waals surface area contributed by atoms with Crippen molar-refractivity contribution in [1.82, 2.24) is 29.4 Å². The van der Waals surface area contributed by atoms with E-state index in [0.29, 0.717) is 18.7 Å². The zero-order chi connectivity index (χ0) is 25.2. The lowest BCUT2D eigenvalue weighted by Gasteiger charge is -2.28. The number of hydrogen-bond donors (Lipinski definition) is 3. The van der Waals surface area contributed by atoms with Crippen molar-refractivity contribution in [2.45, 2.75) is 44.1 Å². The zero-order valence-corrected chi connectivity index (χ0v) is 19.8. The molecule has 1 fully saturated rings. The number of amides is 2. The number of imidazole rings is 1. The van der Waals surface area contributed by atoms with E-state index in [1.807, 2.05) is 71.5 Å². The van der Waals surface area contributed by atoms with Crippen LogP contribution < -0.4 is 5.32 Å². The molecule has 1 saturated heterocycles. The van der Waals surface area contributed by atoms with Crippen molar-refractivity contribution in [1.29, 1.82) is 0 Å². The highest BCUT2D eigenvalue weighted by molar-refractivity contribution is 5.91. The topological polar surface area (TPSA) is 125 Å². The molecule has 186 valence electrons. The van der Waals surface area contributed by atoms with Crippen molar-refractivity contribution in [3.05, 3.63) is 84.6 Å². The molecular formula is C26H28N6O4. The Labute approximate surface area is 207 Å². The lowest BCUT2D eigenvalue weighted by molar-refractivity contribution is -0.154. The lowest BCUT2D eigenvalue weighted by atomic mass is 10.1. The van der Waals surface area contributed by atoms with Crippen LogP contribution in [0, 0.1) is 0 Å². The van der Waals surface area contributed by atoms with Gasteiger partial charge in [0.05, 0.1) is 23.5 Å². The Kier molecular flexibility index (Phi) is 6.53. The maximum absolute atomic E-state index is 13.1. The number of rotatable bonds is 7. The van der Waals surface area contributed by atoms with Gasteiger partial charge in [0.2, 0.25) is 0 Å². The molecule has 3 N–H and O–H groups in total. The summed E-state index contributed by atoms with van der Waals surface area (Å²) >= 11 is 0. The first-order valence-electron chi connectivity index (χ1n) is 11.9. The molecule has 2 amide bonds. The number of benzene rings is 1. The number of nitrogens with zero attached hydrogens (tertiary/aromatic N) is 5. The van der Waals surface area contributed by atoms with Crippen LogP contribution in [0.4, 0.5) is 0 Å². The number of hydrogen-bond acceptors (Lipinski definition) is 6. The Morgan fingerprint density at radius 3 is 2.58 bits per heavy atom. The Hall–Kier alpha value is -4.02. The molecule has 1 aromatic carbocycles. The quantitative estimate of drug-likeness (QED) is 0.364. The van der Waals surface area contributed by atoms with Crippen LogP contribution in [-0.2, 0) is 9.59 Å². The van der Waals surface area contributed by atoms with Crippen LogP contribution in [0.5, 0.6) is 0 Å². The van der Waals surface area contributed by atoms with Crippen molar-refractivity contribution in [3.63, 3.8) is 0 Å². The van der Waals surface area contributed by atoms with Crippen molar-refractivity contribution >= 4 is 17.5 Å². The Balaban J connectivity index is 1.22. The van der Waals surface area contributed by atoms with E-state index in [9.17, 15) is 19.8 Å². The number of carbonyl (C=O) groups excluding carboxylic acids is 2. The fraction of sp³-hybridized carbons (Fsp3) is 0.308. The van der Waals surface area contributed by atoms with Gasteiger partial charge in [0.15, 0.2) is 12.2 Å². The van der Waals surface area contributed by atoms with Gasteiger partial charge >= 0.3 is 0 Å². The molecule has 10 nitrogen and oxygen atoms in total. The molecule has 4 atom stereocenters. The number of fused-ring (bicyclic) bond motifs is 1. The van der Waals surface area contributed by atoms with E-state index in [2.05, 4.69) is 15.4 Å². The number of nitrogens with one attached hydrogen (secondary N) is 1. The molecule has 0 aliphatic carbocycles. The molecule has 0 saturated carbocycles. The summed E-state index contributed by atoms with van der Waals surface area (Å²) in [5.74, 6) is -1.50. The van der Waals surface area contributed by atoms with Gasteiger partial charge in [-0.25, -0.2) is 9.67 Å². The second-order valence-electron chi connectivity index (χ2n) is 8.98. The van der Waals surface area contributed by atoms with Crippen molar-refractivity contribution in [2.75, 3.05) is 6.54 Å². The summed E-state index contributed by atoms with van der Waals surface area (Å²) in [5, 5.41) is 28.0. The van der Waals surface area contributed by atoms with Gasteiger partial charge < -0.3 is 24.8 Å². The minimum absolute atomic E-state index is 0.325. The van der Waals surface area contributed by atoms with Gasteiger partial charge in [0.25, 0.3) is 11.8 Å². The summed E-state index contributed by atoms with van der Waals surface area (Å²) in [6, 6.07) is 14.1. The Morgan fingerprint density at radius 2 is 1.86 bits per heavy atom. The maximum Gasteiger partial charge on any atom is 0.255 e. The number of aliphatic hydroxyl groups is 2. The van der Waals surface area contributed by atoms with Crippen LogP contribution in [0.25, 0.3) is 11.3 Å². The van der Waals surface area contributed by atoms with E-state index in [4.69, 9.17) is 0 Å². The van der Waals surface area contributed by atoms with Gasteiger partial charge in [0, 0.05) is 31.3 Å². The number of likely N-dealkylation sites (tertiary alicyclic amines) is 1. The van der Waals surface area contributed by atoms with Gasteiger partial charge in [-0.3, -0.25) is 9.59 Å². The van der Waals surface area contributed by atoms with Gasteiger partial charge in [-0.1, -0.05) is 18.2 Å². The minimum Gasteiger partial charge on any atom is -0.380 e. The molecule has 10 heteroatoms. The van der Waals surface area contributed by atoms with Crippen LogP contribution in [0.1, 0.15) is 43.1 Å². The van der Waals surface area contributed by atoms with Crippen molar-refractivity contribution in [3.8, 4) is 5.69 Å². The van der Waals surface area contributed by atoms with Crippen LogP contribution in [0.3, 0.4) is 0 Å². The molecule has 0 spiro atoms. The van der Waals surface area contributed by atoms with E-state index < -0.39 is 30.1 Å². The molecule has 1 aliphatic rings.